The van der Waals surface area contributed by atoms with Crippen molar-refractivity contribution in [1.82, 2.24) is 4.90 Å². The zero-order valence-corrected chi connectivity index (χ0v) is 23.3. The molecule has 0 aliphatic carbocycles. The molecule has 0 bridgehead atoms. The van der Waals surface area contributed by atoms with Gasteiger partial charge in [0.2, 0.25) is 0 Å². The fourth-order valence-corrected chi connectivity index (χ4v) is 5.52. The molecule has 3 aromatic rings. The lowest BCUT2D eigenvalue weighted by Gasteiger charge is -2.30. The van der Waals surface area contributed by atoms with Crippen LogP contribution in [0.25, 0.3) is 10.8 Å². The van der Waals surface area contributed by atoms with Crippen LogP contribution in [0.2, 0.25) is 0 Å². The highest BCUT2D eigenvalue weighted by atomic mass is 16.3. The maximum absolute atomic E-state index is 13.6. The number of nitrogens with zero attached hydrogens (tertiary/aromatic N) is 1. The summed E-state index contributed by atoms with van der Waals surface area (Å²) in [5.74, 6) is 0.418. The molecular weight excluding hydrogens is 466 g/mol. The van der Waals surface area contributed by atoms with Gasteiger partial charge < -0.3 is 10.0 Å². The number of hydrogen-bond acceptors (Lipinski definition) is 2. The van der Waals surface area contributed by atoms with Crippen LogP contribution < -0.4 is 0 Å². The maximum atomic E-state index is 13.6. The van der Waals surface area contributed by atoms with Gasteiger partial charge in [-0.2, -0.15) is 0 Å². The summed E-state index contributed by atoms with van der Waals surface area (Å²) in [4.78, 5) is 15.5. The number of aliphatic hydroxyl groups excluding tert-OH is 1. The molecule has 0 saturated carbocycles. The van der Waals surface area contributed by atoms with Crippen molar-refractivity contribution in [2.24, 2.45) is 0 Å². The molecule has 1 aliphatic rings. The monoisotopic (exact) mass is 507 g/mol. The number of likely N-dealkylation sites (tertiary alicyclic amines) is 1. The predicted molar refractivity (Wildman–Crippen MR) is 160 cm³/mol. The summed E-state index contributed by atoms with van der Waals surface area (Å²) in [6.45, 7) is 9.50. The fourth-order valence-electron chi connectivity index (χ4n) is 5.52. The zero-order valence-electron chi connectivity index (χ0n) is 23.3. The molecule has 0 atom stereocenters. The second-order valence-electron chi connectivity index (χ2n) is 11.2. The summed E-state index contributed by atoms with van der Waals surface area (Å²) >= 11 is 0. The Labute approximate surface area is 228 Å². The van der Waals surface area contributed by atoms with Crippen molar-refractivity contribution in [1.29, 1.82) is 0 Å². The highest BCUT2D eigenvalue weighted by Crippen LogP contribution is 2.34. The fraction of sp³-hybridized carbons (Fsp3) is 0.343. The molecule has 4 rings (SSSR count). The van der Waals surface area contributed by atoms with E-state index < -0.39 is 0 Å². The third-order valence-corrected chi connectivity index (χ3v) is 7.36. The summed E-state index contributed by atoms with van der Waals surface area (Å²) in [6, 6.07) is 20.7. The number of aryl methyl sites for hydroxylation is 1. The lowest BCUT2D eigenvalue weighted by Crippen LogP contribution is -2.34. The molecule has 1 N–H and O–H groups in total. The first kappa shape index (κ1) is 27.4. The lowest BCUT2D eigenvalue weighted by atomic mass is 9.79. The zero-order chi connectivity index (χ0) is 27.1. The van der Waals surface area contributed by atoms with Gasteiger partial charge in [0.05, 0.1) is 5.76 Å². The van der Waals surface area contributed by atoms with Gasteiger partial charge in [0.1, 0.15) is 0 Å². The molecule has 0 aromatic heterocycles. The molecule has 1 fully saturated rings. The van der Waals surface area contributed by atoms with Crippen molar-refractivity contribution in [3.05, 3.63) is 119 Å². The molecule has 0 unspecified atom stereocenters. The first-order valence-electron chi connectivity index (χ1n) is 13.9. The number of aliphatic hydroxyl groups is 1. The summed E-state index contributed by atoms with van der Waals surface area (Å²) in [5, 5.41) is 13.4. The minimum atomic E-state index is 0.00348. The summed E-state index contributed by atoms with van der Waals surface area (Å²) in [6.07, 6.45) is 12.9. The number of rotatable bonds is 7. The average Bonchev–Trinajstić information content (AvgIpc) is 2.92. The molecule has 0 radical (unpaired) electrons. The molecule has 3 aromatic carbocycles. The van der Waals surface area contributed by atoms with Gasteiger partial charge in [-0.15, -0.1) is 0 Å². The number of hydrogen-bond donors (Lipinski definition) is 1. The average molecular weight is 508 g/mol. The molecule has 1 saturated heterocycles. The van der Waals surface area contributed by atoms with Gasteiger partial charge in [-0.05, 0) is 90.1 Å². The Bertz CT molecular complexity index is 1370. The first-order valence-corrected chi connectivity index (χ1v) is 13.9. The van der Waals surface area contributed by atoms with Crippen LogP contribution in [0.1, 0.15) is 80.4 Å². The first-order chi connectivity index (χ1) is 18.3. The normalized spacial score (nSPS) is 16.1. The molecule has 3 heteroatoms. The number of benzene rings is 3. The van der Waals surface area contributed by atoms with Crippen LogP contribution in [-0.2, 0) is 18.3 Å². The summed E-state index contributed by atoms with van der Waals surface area (Å²) < 4.78 is 0. The van der Waals surface area contributed by atoms with Gasteiger partial charge >= 0.3 is 0 Å². The summed E-state index contributed by atoms with van der Waals surface area (Å²) in [7, 11) is 0. The predicted octanol–water partition coefficient (Wildman–Crippen LogP) is 8.84. The third-order valence-electron chi connectivity index (χ3n) is 7.36. The second kappa shape index (κ2) is 12.3. The van der Waals surface area contributed by atoms with E-state index in [9.17, 15) is 9.90 Å². The standard InChI is InChI=1S/C35H41NO2/c1-5-6-15-29-16-11-12-25-36(29)34(38)32-18-10-8-14-27(32)21-23-30(37)24-22-28-20-19-26-13-7-9-17-31(26)33(28)35(2,3)4/h5-10,13-15,17-20,23,37H,11-12,16,21-22,24-25H2,1-4H3/b6-5-,29-15+,30-23?. The molecule has 1 aliphatic heterocycles. The number of amides is 1. The molecule has 1 amide bonds. The lowest BCUT2D eigenvalue weighted by molar-refractivity contribution is 0.0781. The van der Waals surface area contributed by atoms with Crippen molar-refractivity contribution in [3.8, 4) is 0 Å². The van der Waals surface area contributed by atoms with Crippen molar-refractivity contribution in [2.45, 2.75) is 71.6 Å². The minimum absolute atomic E-state index is 0.00348. The van der Waals surface area contributed by atoms with Gasteiger partial charge in [-0.3, -0.25) is 4.79 Å². The minimum Gasteiger partial charge on any atom is -0.513 e. The van der Waals surface area contributed by atoms with Gasteiger partial charge in [0.25, 0.3) is 5.91 Å². The topological polar surface area (TPSA) is 40.5 Å². The smallest absolute Gasteiger partial charge is 0.258 e. The van der Waals surface area contributed by atoms with Gasteiger partial charge in [0, 0.05) is 24.2 Å². The molecule has 0 spiro atoms. The Hall–Kier alpha value is -3.59. The van der Waals surface area contributed by atoms with E-state index in [1.807, 2.05) is 54.3 Å². The SMILES string of the molecule is C/C=C\C=C1/CCCCN1C(=O)c1ccccc1CC=C(O)CCc1ccc2ccccc2c1C(C)(C)C. The summed E-state index contributed by atoms with van der Waals surface area (Å²) in [5.41, 5.74) is 5.37. The van der Waals surface area contributed by atoms with Crippen molar-refractivity contribution >= 4 is 16.7 Å². The van der Waals surface area contributed by atoms with Crippen molar-refractivity contribution in [2.75, 3.05) is 6.54 Å². The molecule has 38 heavy (non-hydrogen) atoms. The third kappa shape index (κ3) is 6.45. The molecule has 198 valence electrons. The van der Waals surface area contributed by atoms with Crippen LogP contribution in [0.5, 0.6) is 0 Å². The van der Waals surface area contributed by atoms with E-state index in [1.54, 1.807) is 0 Å². The number of carbonyl (C=O) groups is 1. The van der Waals surface area contributed by atoms with Gasteiger partial charge in [-0.25, -0.2) is 0 Å². The van der Waals surface area contributed by atoms with Gasteiger partial charge in [-0.1, -0.05) is 87.5 Å². The molecule has 3 nitrogen and oxygen atoms in total. The Balaban J connectivity index is 1.51. The number of piperidine rings is 1. The van der Waals surface area contributed by atoms with E-state index in [2.05, 4.69) is 63.2 Å². The largest absolute Gasteiger partial charge is 0.513 e. The molecular formula is C35H41NO2. The maximum Gasteiger partial charge on any atom is 0.258 e. The van der Waals surface area contributed by atoms with Crippen LogP contribution in [0, 0.1) is 0 Å². The Morgan fingerprint density at radius 3 is 2.53 bits per heavy atom. The van der Waals surface area contributed by atoms with E-state index in [0.717, 1.165) is 49.1 Å². The highest BCUT2D eigenvalue weighted by Gasteiger charge is 2.24. The van der Waals surface area contributed by atoms with Crippen molar-refractivity contribution < 1.29 is 9.90 Å². The Morgan fingerprint density at radius 1 is 0.974 bits per heavy atom. The number of carbonyl (C=O) groups excluding carboxylic acids is 1. The quantitative estimate of drug-likeness (QED) is 0.325. The Morgan fingerprint density at radius 2 is 1.74 bits per heavy atom. The van der Waals surface area contributed by atoms with E-state index >= 15 is 0 Å². The second-order valence-corrected chi connectivity index (χ2v) is 11.2. The van der Waals surface area contributed by atoms with Crippen LogP contribution in [0.15, 0.2) is 96.4 Å². The van der Waals surface area contributed by atoms with E-state index in [-0.39, 0.29) is 11.3 Å². The number of allylic oxidation sites excluding steroid dienone is 6. The Kier molecular flexibility index (Phi) is 8.89. The highest BCUT2D eigenvalue weighted by molar-refractivity contribution is 5.97. The van der Waals surface area contributed by atoms with E-state index in [1.165, 1.54) is 21.9 Å². The van der Waals surface area contributed by atoms with Crippen molar-refractivity contribution in [3.63, 3.8) is 0 Å². The van der Waals surface area contributed by atoms with E-state index in [0.29, 0.717) is 18.6 Å². The van der Waals surface area contributed by atoms with Crippen LogP contribution >= 0.6 is 0 Å². The number of fused-ring (bicyclic) bond motifs is 1. The van der Waals surface area contributed by atoms with Crippen LogP contribution in [0.4, 0.5) is 0 Å². The van der Waals surface area contributed by atoms with Crippen LogP contribution in [0.3, 0.4) is 0 Å². The molecule has 1 heterocycles. The van der Waals surface area contributed by atoms with Crippen LogP contribution in [-0.4, -0.2) is 22.5 Å². The van der Waals surface area contributed by atoms with Gasteiger partial charge in [0.15, 0.2) is 0 Å². The van der Waals surface area contributed by atoms with E-state index in [4.69, 9.17) is 0 Å².